The second kappa shape index (κ2) is 3.24. The van der Waals surface area contributed by atoms with Crippen molar-refractivity contribution in [3.63, 3.8) is 0 Å². The standard InChI is InChI=1S/C8H3ClF3NOS/c9-3-1-4(8(10,11)12)6-5(2-3)15-7(14)13-6/h1-2H,(H,13,14). The van der Waals surface area contributed by atoms with Crippen LogP contribution in [0, 0.1) is 0 Å². The fraction of sp³-hybridized carbons (Fsp3) is 0.125. The van der Waals surface area contributed by atoms with Crippen LogP contribution in [-0.4, -0.2) is 4.98 Å². The van der Waals surface area contributed by atoms with E-state index in [4.69, 9.17) is 11.6 Å². The molecule has 0 atom stereocenters. The minimum absolute atomic E-state index is 0.0370. The monoisotopic (exact) mass is 253 g/mol. The lowest BCUT2D eigenvalue weighted by Gasteiger charge is -2.07. The van der Waals surface area contributed by atoms with Crippen molar-refractivity contribution in [1.82, 2.24) is 4.98 Å². The summed E-state index contributed by atoms with van der Waals surface area (Å²) in [7, 11) is 0. The summed E-state index contributed by atoms with van der Waals surface area (Å²) >= 11 is 6.23. The molecule has 0 amide bonds. The van der Waals surface area contributed by atoms with Gasteiger partial charge in [0, 0.05) is 5.02 Å². The first-order valence-electron chi connectivity index (χ1n) is 3.77. The molecule has 0 aliphatic heterocycles. The maximum atomic E-state index is 12.5. The van der Waals surface area contributed by atoms with Gasteiger partial charge in [0.25, 0.3) is 0 Å². The molecule has 80 valence electrons. The van der Waals surface area contributed by atoms with E-state index < -0.39 is 16.6 Å². The fourth-order valence-electron chi connectivity index (χ4n) is 1.24. The van der Waals surface area contributed by atoms with Crippen LogP contribution in [0.25, 0.3) is 10.2 Å². The van der Waals surface area contributed by atoms with Crippen LogP contribution in [0.3, 0.4) is 0 Å². The van der Waals surface area contributed by atoms with Gasteiger partial charge < -0.3 is 4.98 Å². The van der Waals surface area contributed by atoms with Crippen molar-refractivity contribution in [2.45, 2.75) is 6.18 Å². The lowest BCUT2D eigenvalue weighted by atomic mass is 10.2. The average molecular weight is 254 g/mol. The molecule has 0 radical (unpaired) electrons. The van der Waals surface area contributed by atoms with Gasteiger partial charge in [-0.2, -0.15) is 13.2 Å². The topological polar surface area (TPSA) is 32.9 Å². The Hall–Kier alpha value is -1.01. The normalized spacial score (nSPS) is 12.3. The number of nitrogens with one attached hydrogen (secondary N) is 1. The van der Waals surface area contributed by atoms with Gasteiger partial charge in [-0.15, -0.1) is 0 Å². The number of thiazole rings is 1. The van der Waals surface area contributed by atoms with E-state index in [9.17, 15) is 18.0 Å². The summed E-state index contributed by atoms with van der Waals surface area (Å²) in [5, 5.41) is -0.0370. The van der Waals surface area contributed by atoms with Crippen molar-refractivity contribution in [2.24, 2.45) is 0 Å². The Morgan fingerprint density at radius 1 is 1.33 bits per heavy atom. The summed E-state index contributed by atoms with van der Waals surface area (Å²) in [6.07, 6.45) is -4.52. The summed E-state index contributed by atoms with van der Waals surface area (Å²) in [6.45, 7) is 0. The molecule has 0 aliphatic rings. The molecule has 15 heavy (non-hydrogen) atoms. The van der Waals surface area contributed by atoms with E-state index in [1.54, 1.807) is 0 Å². The van der Waals surface area contributed by atoms with Crippen LogP contribution >= 0.6 is 22.9 Å². The number of benzene rings is 1. The van der Waals surface area contributed by atoms with Crippen molar-refractivity contribution in [3.05, 3.63) is 32.4 Å². The number of halogens is 4. The third kappa shape index (κ3) is 1.87. The first kappa shape index (κ1) is 10.5. The van der Waals surface area contributed by atoms with E-state index in [2.05, 4.69) is 4.98 Å². The summed E-state index contributed by atoms with van der Waals surface area (Å²) in [6, 6.07) is 2.13. The zero-order valence-electron chi connectivity index (χ0n) is 6.98. The van der Waals surface area contributed by atoms with Gasteiger partial charge in [0.15, 0.2) is 0 Å². The fourth-order valence-corrected chi connectivity index (χ4v) is 2.33. The molecule has 1 N–H and O–H groups in total. The number of hydrogen-bond donors (Lipinski definition) is 1. The molecule has 7 heteroatoms. The Morgan fingerprint density at radius 2 is 2.00 bits per heavy atom. The third-order valence-corrected chi connectivity index (χ3v) is 2.85. The molecule has 0 aliphatic carbocycles. The molecule has 0 spiro atoms. The van der Waals surface area contributed by atoms with E-state index in [0.717, 1.165) is 6.07 Å². The molecule has 2 aromatic rings. The maximum Gasteiger partial charge on any atom is 0.418 e. The van der Waals surface area contributed by atoms with Gasteiger partial charge >= 0.3 is 11.0 Å². The van der Waals surface area contributed by atoms with E-state index in [1.165, 1.54) is 6.07 Å². The summed E-state index contributed by atoms with van der Waals surface area (Å²) in [5.74, 6) is 0. The molecule has 0 fully saturated rings. The van der Waals surface area contributed by atoms with Crippen LogP contribution in [-0.2, 0) is 6.18 Å². The second-order valence-electron chi connectivity index (χ2n) is 2.84. The Balaban J connectivity index is 2.88. The molecule has 0 saturated carbocycles. The SMILES string of the molecule is O=c1[nH]c2c(C(F)(F)F)cc(Cl)cc2s1. The Kier molecular flexibility index (Phi) is 2.27. The summed E-state index contributed by atoms with van der Waals surface area (Å²) in [5.41, 5.74) is -1.12. The number of H-pyrrole nitrogens is 1. The molecule has 0 bridgehead atoms. The molecule has 0 unspecified atom stereocenters. The zero-order chi connectivity index (χ0) is 11.2. The molecular formula is C8H3ClF3NOS. The van der Waals surface area contributed by atoms with Gasteiger partial charge in [-0.3, -0.25) is 4.79 Å². The van der Waals surface area contributed by atoms with Crippen LogP contribution in [0.5, 0.6) is 0 Å². The lowest BCUT2D eigenvalue weighted by molar-refractivity contribution is -0.136. The Labute approximate surface area is 90.3 Å². The predicted molar refractivity (Wildman–Crippen MR) is 52.5 cm³/mol. The zero-order valence-corrected chi connectivity index (χ0v) is 8.56. The van der Waals surface area contributed by atoms with Gasteiger partial charge in [-0.25, -0.2) is 0 Å². The van der Waals surface area contributed by atoms with Crippen molar-refractivity contribution in [1.29, 1.82) is 0 Å². The minimum atomic E-state index is -4.52. The van der Waals surface area contributed by atoms with Gasteiger partial charge in [0.1, 0.15) is 0 Å². The molecule has 1 aromatic carbocycles. The van der Waals surface area contributed by atoms with Crippen LogP contribution in [0.4, 0.5) is 13.2 Å². The number of alkyl halides is 3. The van der Waals surface area contributed by atoms with Crippen LogP contribution in [0.15, 0.2) is 16.9 Å². The Morgan fingerprint density at radius 3 is 2.60 bits per heavy atom. The van der Waals surface area contributed by atoms with Crippen molar-refractivity contribution in [3.8, 4) is 0 Å². The van der Waals surface area contributed by atoms with Crippen molar-refractivity contribution in [2.75, 3.05) is 0 Å². The first-order chi connectivity index (χ1) is 6.88. The van der Waals surface area contributed by atoms with Gasteiger partial charge in [0.05, 0.1) is 15.8 Å². The van der Waals surface area contributed by atoms with Crippen LogP contribution < -0.4 is 4.87 Å². The average Bonchev–Trinajstić information content (AvgIpc) is 2.41. The highest BCUT2D eigenvalue weighted by Crippen LogP contribution is 2.36. The largest absolute Gasteiger partial charge is 0.418 e. The molecule has 0 saturated heterocycles. The minimum Gasteiger partial charge on any atom is -0.312 e. The number of rotatable bonds is 0. The highest BCUT2D eigenvalue weighted by atomic mass is 35.5. The number of hydrogen-bond acceptors (Lipinski definition) is 2. The van der Waals surface area contributed by atoms with Gasteiger partial charge in [-0.1, -0.05) is 22.9 Å². The van der Waals surface area contributed by atoms with Crippen LogP contribution in [0.1, 0.15) is 5.56 Å². The third-order valence-electron chi connectivity index (χ3n) is 1.80. The highest BCUT2D eigenvalue weighted by Gasteiger charge is 2.33. The predicted octanol–water partition coefficient (Wildman–Crippen LogP) is 3.26. The van der Waals surface area contributed by atoms with E-state index in [-0.39, 0.29) is 15.2 Å². The van der Waals surface area contributed by atoms with E-state index in [0.29, 0.717) is 11.3 Å². The van der Waals surface area contributed by atoms with Crippen LogP contribution in [0.2, 0.25) is 5.02 Å². The second-order valence-corrected chi connectivity index (χ2v) is 4.29. The van der Waals surface area contributed by atoms with Crippen molar-refractivity contribution < 1.29 is 13.2 Å². The maximum absolute atomic E-state index is 12.5. The van der Waals surface area contributed by atoms with Gasteiger partial charge in [0.2, 0.25) is 0 Å². The number of aromatic amines is 1. The quantitative estimate of drug-likeness (QED) is 0.768. The number of aromatic nitrogens is 1. The summed E-state index contributed by atoms with van der Waals surface area (Å²) < 4.78 is 37.8. The van der Waals surface area contributed by atoms with E-state index >= 15 is 0 Å². The van der Waals surface area contributed by atoms with E-state index in [1.807, 2.05) is 0 Å². The molecule has 2 nitrogen and oxygen atoms in total. The molecule has 1 heterocycles. The molecular weight excluding hydrogens is 251 g/mol. The van der Waals surface area contributed by atoms with Crippen molar-refractivity contribution >= 4 is 33.2 Å². The lowest BCUT2D eigenvalue weighted by Crippen LogP contribution is -2.06. The summed E-state index contributed by atoms with van der Waals surface area (Å²) in [4.78, 5) is 12.5. The van der Waals surface area contributed by atoms with Gasteiger partial charge in [-0.05, 0) is 12.1 Å². The number of fused-ring (bicyclic) bond motifs is 1. The molecule has 1 aromatic heterocycles. The molecule has 2 rings (SSSR count). The first-order valence-corrected chi connectivity index (χ1v) is 4.97. The highest BCUT2D eigenvalue weighted by molar-refractivity contribution is 7.16. The smallest absolute Gasteiger partial charge is 0.312 e. The Bertz CT molecular complexity index is 571.